The topological polar surface area (TPSA) is 156 Å². The van der Waals surface area contributed by atoms with Gasteiger partial charge in [0.2, 0.25) is 0 Å². The Morgan fingerprint density at radius 1 is 1.21 bits per heavy atom. The summed E-state index contributed by atoms with van der Waals surface area (Å²) in [5, 5.41) is 31.6. The Labute approximate surface area is 165 Å². The zero-order valence-electron chi connectivity index (χ0n) is 16.2. The van der Waals surface area contributed by atoms with Crippen molar-refractivity contribution in [1.82, 2.24) is 4.90 Å². The van der Waals surface area contributed by atoms with Crippen LogP contribution in [0.5, 0.6) is 0 Å². The number of non-ortho nitro benzene ring substituents is 1. The van der Waals surface area contributed by atoms with Crippen LogP contribution in [0.3, 0.4) is 0 Å². The number of aliphatic carboxylic acids is 1. The van der Waals surface area contributed by atoms with E-state index in [1.807, 2.05) is 0 Å². The van der Waals surface area contributed by atoms with Gasteiger partial charge in [0.25, 0.3) is 11.4 Å². The van der Waals surface area contributed by atoms with Crippen molar-refractivity contribution in [3.05, 3.63) is 38.4 Å². The Bertz CT molecular complexity index is 835. The van der Waals surface area contributed by atoms with Gasteiger partial charge >= 0.3 is 12.1 Å². The fourth-order valence-electron chi connectivity index (χ4n) is 3.06. The summed E-state index contributed by atoms with van der Waals surface area (Å²) in [7, 11) is 0. The molecule has 1 amide bonds. The molecule has 0 aromatic heterocycles. The lowest BCUT2D eigenvalue weighted by Gasteiger charge is -2.42. The maximum Gasteiger partial charge on any atom is 0.410 e. The van der Waals surface area contributed by atoms with E-state index < -0.39 is 44.9 Å². The Hall–Kier alpha value is -3.44. The van der Waals surface area contributed by atoms with Gasteiger partial charge in [0, 0.05) is 25.7 Å². The molecule has 1 aliphatic heterocycles. The molecule has 0 radical (unpaired) electrons. The molecular weight excluding hydrogens is 388 g/mol. The minimum atomic E-state index is -1.14. The van der Waals surface area contributed by atoms with E-state index >= 15 is 0 Å². The molecule has 1 N–H and O–H groups in total. The van der Waals surface area contributed by atoms with Crippen LogP contribution < -0.4 is 4.90 Å². The third-order valence-electron chi connectivity index (χ3n) is 4.22. The van der Waals surface area contributed by atoms with Crippen LogP contribution in [0.25, 0.3) is 0 Å². The number of amides is 1. The molecule has 0 saturated carbocycles. The molecule has 12 nitrogen and oxygen atoms in total. The highest BCUT2D eigenvalue weighted by molar-refractivity contribution is 5.73. The molecule has 1 aromatic rings. The molecule has 1 aromatic carbocycles. The Kier molecular flexibility index (Phi) is 6.25. The number of hydrogen-bond acceptors (Lipinski definition) is 8. The molecular formula is C17H22N4O8. The lowest BCUT2D eigenvalue weighted by molar-refractivity contribution is -0.393. The fourth-order valence-corrected chi connectivity index (χ4v) is 3.06. The van der Waals surface area contributed by atoms with E-state index in [9.17, 15) is 34.9 Å². The van der Waals surface area contributed by atoms with E-state index in [0.29, 0.717) is 0 Å². The highest BCUT2D eigenvalue weighted by Crippen LogP contribution is 2.35. The second kappa shape index (κ2) is 8.29. The number of nitro benzene ring substituents is 2. The van der Waals surface area contributed by atoms with Gasteiger partial charge in [0.15, 0.2) is 0 Å². The lowest BCUT2D eigenvalue weighted by Crippen LogP contribution is -2.56. The maximum atomic E-state index is 12.3. The fraction of sp³-hybridized carbons (Fsp3) is 0.529. The van der Waals surface area contributed by atoms with Gasteiger partial charge in [0.05, 0.1) is 28.4 Å². The highest BCUT2D eigenvalue weighted by Gasteiger charge is 2.36. The van der Waals surface area contributed by atoms with Crippen molar-refractivity contribution in [3.8, 4) is 0 Å². The number of ether oxygens (including phenoxy) is 1. The summed E-state index contributed by atoms with van der Waals surface area (Å²) in [5.41, 5.74) is -1.60. The standard InChI is InChI=1S/C17H22N4O8/c1-17(2,3)29-16(24)18-6-7-19(12(10-18)9-15(22)23)13-5-4-11(20(25)26)8-14(13)21(27)28/h4-5,8,12H,6-7,9-10H2,1-3H3,(H,22,23). The zero-order valence-corrected chi connectivity index (χ0v) is 16.2. The van der Waals surface area contributed by atoms with Gasteiger partial charge in [-0.05, 0) is 26.8 Å². The summed E-state index contributed by atoms with van der Waals surface area (Å²) < 4.78 is 5.31. The molecule has 1 fully saturated rings. The van der Waals surface area contributed by atoms with E-state index in [1.54, 1.807) is 20.8 Å². The van der Waals surface area contributed by atoms with Gasteiger partial charge in [0.1, 0.15) is 11.3 Å². The van der Waals surface area contributed by atoms with E-state index in [0.717, 1.165) is 12.1 Å². The molecule has 1 aliphatic rings. The molecule has 29 heavy (non-hydrogen) atoms. The van der Waals surface area contributed by atoms with Gasteiger partial charge in [-0.1, -0.05) is 0 Å². The number of rotatable bonds is 5. The van der Waals surface area contributed by atoms with E-state index in [1.165, 1.54) is 15.9 Å². The normalized spacial score (nSPS) is 17.0. The summed E-state index contributed by atoms with van der Waals surface area (Å²) in [4.78, 5) is 47.4. The molecule has 1 unspecified atom stereocenters. The van der Waals surface area contributed by atoms with Crippen LogP contribution in [0, 0.1) is 20.2 Å². The second-order valence-electron chi connectivity index (χ2n) is 7.56. The summed E-state index contributed by atoms with van der Waals surface area (Å²) in [6.07, 6.45) is -0.987. The summed E-state index contributed by atoms with van der Waals surface area (Å²) >= 11 is 0. The van der Waals surface area contributed by atoms with Gasteiger partial charge in [-0.2, -0.15) is 0 Å². The first kappa shape index (κ1) is 21.9. The Morgan fingerprint density at radius 2 is 1.86 bits per heavy atom. The van der Waals surface area contributed by atoms with Crippen molar-refractivity contribution < 1.29 is 29.3 Å². The first-order valence-electron chi connectivity index (χ1n) is 8.78. The number of carboxylic acids is 1. The second-order valence-corrected chi connectivity index (χ2v) is 7.56. The summed E-state index contributed by atoms with van der Waals surface area (Å²) in [6, 6.07) is 2.43. The van der Waals surface area contributed by atoms with E-state index in [-0.39, 0.29) is 31.7 Å². The van der Waals surface area contributed by atoms with Gasteiger partial charge < -0.3 is 19.6 Å². The predicted molar refractivity (Wildman–Crippen MR) is 101 cm³/mol. The highest BCUT2D eigenvalue weighted by atomic mass is 16.6. The number of hydrogen-bond donors (Lipinski definition) is 1. The predicted octanol–water partition coefficient (Wildman–Crippen LogP) is 2.40. The average molecular weight is 410 g/mol. The van der Waals surface area contributed by atoms with Crippen LogP contribution in [0.15, 0.2) is 18.2 Å². The molecule has 158 valence electrons. The molecule has 1 saturated heterocycles. The lowest BCUT2D eigenvalue weighted by atomic mass is 10.1. The van der Waals surface area contributed by atoms with Gasteiger partial charge in [-0.25, -0.2) is 4.79 Å². The summed E-state index contributed by atoms with van der Waals surface area (Å²) in [5.74, 6) is -1.14. The SMILES string of the molecule is CC(C)(C)OC(=O)N1CCN(c2ccc([N+](=O)[O-])cc2[N+](=O)[O-])C(CC(=O)O)C1. The molecule has 0 spiro atoms. The molecule has 0 aliphatic carbocycles. The molecule has 0 bridgehead atoms. The Balaban J connectivity index is 2.35. The smallest absolute Gasteiger partial charge is 0.410 e. The maximum absolute atomic E-state index is 12.3. The number of benzene rings is 1. The van der Waals surface area contributed by atoms with Crippen LogP contribution in [0.4, 0.5) is 21.9 Å². The van der Waals surface area contributed by atoms with Crippen molar-refractivity contribution >= 4 is 29.1 Å². The first-order valence-corrected chi connectivity index (χ1v) is 8.78. The number of anilines is 1. The number of nitro groups is 2. The van der Waals surface area contributed by atoms with Crippen LogP contribution in [0.1, 0.15) is 27.2 Å². The molecule has 1 heterocycles. The van der Waals surface area contributed by atoms with E-state index in [2.05, 4.69) is 0 Å². The first-order chi connectivity index (χ1) is 13.4. The van der Waals surface area contributed by atoms with Crippen molar-refractivity contribution in [1.29, 1.82) is 0 Å². The quantitative estimate of drug-likeness (QED) is 0.568. The van der Waals surface area contributed by atoms with E-state index in [4.69, 9.17) is 4.74 Å². The monoisotopic (exact) mass is 410 g/mol. The minimum absolute atomic E-state index is 0.0185. The van der Waals surface area contributed by atoms with Crippen molar-refractivity contribution in [3.63, 3.8) is 0 Å². The minimum Gasteiger partial charge on any atom is -0.481 e. The average Bonchev–Trinajstić information content (AvgIpc) is 2.59. The van der Waals surface area contributed by atoms with Gasteiger partial charge in [-0.15, -0.1) is 0 Å². The van der Waals surface area contributed by atoms with Gasteiger partial charge in [-0.3, -0.25) is 25.0 Å². The number of nitrogens with zero attached hydrogens (tertiary/aromatic N) is 4. The third kappa shape index (κ3) is 5.53. The molecule has 1 atom stereocenters. The van der Waals surface area contributed by atoms with Crippen molar-refractivity contribution in [2.24, 2.45) is 0 Å². The largest absolute Gasteiger partial charge is 0.481 e. The number of piperazine rings is 1. The number of carbonyl (C=O) groups is 2. The van der Waals surface area contributed by atoms with Crippen molar-refractivity contribution in [2.75, 3.05) is 24.5 Å². The Morgan fingerprint density at radius 3 is 2.38 bits per heavy atom. The zero-order chi connectivity index (χ0) is 21.9. The number of carbonyl (C=O) groups excluding carboxylic acids is 1. The van der Waals surface area contributed by atoms with Crippen LogP contribution in [-0.2, 0) is 9.53 Å². The van der Waals surface area contributed by atoms with Crippen LogP contribution in [-0.4, -0.2) is 63.2 Å². The molecule has 2 rings (SSSR count). The van der Waals surface area contributed by atoms with Crippen LogP contribution >= 0.6 is 0 Å². The van der Waals surface area contributed by atoms with Crippen LogP contribution in [0.2, 0.25) is 0 Å². The third-order valence-corrected chi connectivity index (χ3v) is 4.22. The summed E-state index contributed by atoms with van der Waals surface area (Å²) in [6.45, 7) is 5.35. The molecule has 12 heteroatoms. The number of carboxylic acid groups (broad SMARTS) is 1. The van der Waals surface area contributed by atoms with Crippen molar-refractivity contribution in [2.45, 2.75) is 38.8 Å².